The monoisotopic (exact) mass is 390 g/mol. The van der Waals surface area contributed by atoms with E-state index in [9.17, 15) is 9.59 Å². The number of amides is 3. The standard InChI is InChI=1S/C18H19BrN2O3/c1-12-8-9-16(15(19)10-12)24-13(2)17(22)21-18(23)20-11-14-6-4-3-5-7-14/h3-10,13H,11H2,1-2H3,(H2,20,21,22,23)/t13-/m0/s1. The molecule has 0 fully saturated rings. The molecule has 0 radical (unpaired) electrons. The highest BCUT2D eigenvalue weighted by Crippen LogP contribution is 2.26. The highest BCUT2D eigenvalue weighted by atomic mass is 79.9. The lowest BCUT2D eigenvalue weighted by Gasteiger charge is -2.15. The van der Waals surface area contributed by atoms with Crippen LogP contribution in [0.1, 0.15) is 18.1 Å². The first-order valence-corrected chi connectivity index (χ1v) is 8.30. The van der Waals surface area contributed by atoms with Crippen molar-refractivity contribution in [3.05, 3.63) is 64.1 Å². The van der Waals surface area contributed by atoms with E-state index in [1.807, 2.05) is 49.4 Å². The molecule has 1 atom stereocenters. The van der Waals surface area contributed by atoms with E-state index in [-0.39, 0.29) is 0 Å². The van der Waals surface area contributed by atoms with Crippen molar-refractivity contribution in [2.45, 2.75) is 26.5 Å². The number of halogens is 1. The van der Waals surface area contributed by atoms with Crippen LogP contribution in [0.15, 0.2) is 53.0 Å². The van der Waals surface area contributed by atoms with Crippen LogP contribution in [0.2, 0.25) is 0 Å². The molecule has 0 heterocycles. The van der Waals surface area contributed by atoms with Crippen LogP contribution in [0.3, 0.4) is 0 Å². The SMILES string of the molecule is Cc1ccc(O[C@@H](C)C(=O)NC(=O)NCc2ccccc2)c(Br)c1. The summed E-state index contributed by atoms with van der Waals surface area (Å²) in [6, 6.07) is 14.5. The smallest absolute Gasteiger partial charge is 0.321 e. The van der Waals surface area contributed by atoms with Gasteiger partial charge in [0.05, 0.1) is 4.47 Å². The average Bonchev–Trinajstić information content (AvgIpc) is 2.56. The molecule has 0 saturated carbocycles. The molecule has 0 aliphatic carbocycles. The number of imide groups is 1. The highest BCUT2D eigenvalue weighted by molar-refractivity contribution is 9.10. The minimum atomic E-state index is -0.800. The Kier molecular flexibility index (Phi) is 6.37. The van der Waals surface area contributed by atoms with E-state index in [1.54, 1.807) is 13.0 Å². The van der Waals surface area contributed by atoms with Gasteiger partial charge in [-0.2, -0.15) is 0 Å². The summed E-state index contributed by atoms with van der Waals surface area (Å²) in [5.41, 5.74) is 2.03. The van der Waals surface area contributed by atoms with Crippen LogP contribution in [0.5, 0.6) is 5.75 Å². The van der Waals surface area contributed by atoms with E-state index in [0.717, 1.165) is 15.6 Å². The molecule has 0 aliphatic heterocycles. The van der Waals surface area contributed by atoms with Gasteiger partial charge in [-0.3, -0.25) is 10.1 Å². The molecule has 0 spiro atoms. The van der Waals surface area contributed by atoms with Gasteiger partial charge in [-0.15, -0.1) is 0 Å². The van der Waals surface area contributed by atoms with Crippen molar-refractivity contribution in [2.24, 2.45) is 0 Å². The molecule has 0 bridgehead atoms. The van der Waals surface area contributed by atoms with Crippen molar-refractivity contribution < 1.29 is 14.3 Å². The van der Waals surface area contributed by atoms with E-state index >= 15 is 0 Å². The van der Waals surface area contributed by atoms with Crippen LogP contribution in [0.4, 0.5) is 4.79 Å². The number of nitrogens with one attached hydrogen (secondary N) is 2. The van der Waals surface area contributed by atoms with Gasteiger partial charge in [0.25, 0.3) is 5.91 Å². The Bertz CT molecular complexity index is 719. The fourth-order valence-electron chi connectivity index (χ4n) is 1.98. The summed E-state index contributed by atoms with van der Waals surface area (Å²) in [5, 5.41) is 4.90. The second-order valence-electron chi connectivity index (χ2n) is 5.35. The second kappa shape index (κ2) is 8.49. The van der Waals surface area contributed by atoms with Crippen LogP contribution in [-0.2, 0) is 11.3 Å². The third kappa shape index (κ3) is 5.38. The quantitative estimate of drug-likeness (QED) is 0.819. The van der Waals surface area contributed by atoms with E-state index in [2.05, 4.69) is 26.6 Å². The lowest BCUT2D eigenvalue weighted by molar-refractivity contribution is -0.126. The van der Waals surface area contributed by atoms with Gasteiger partial charge in [-0.1, -0.05) is 36.4 Å². The predicted octanol–water partition coefficient (Wildman–Crippen LogP) is 3.55. The molecule has 24 heavy (non-hydrogen) atoms. The molecule has 2 N–H and O–H groups in total. The summed E-state index contributed by atoms with van der Waals surface area (Å²) in [5.74, 6) is 0.0426. The minimum absolute atomic E-state index is 0.346. The molecule has 2 rings (SSSR count). The fourth-order valence-corrected chi connectivity index (χ4v) is 2.57. The number of ether oxygens (including phenoxy) is 1. The minimum Gasteiger partial charge on any atom is -0.480 e. The lowest BCUT2D eigenvalue weighted by Crippen LogP contribution is -2.44. The van der Waals surface area contributed by atoms with E-state index in [4.69, 9.17) is 4.74 Å². The number of hydrogen-bond donors (Lipinski definition) is 2. The Labute approximate surface area is 149 Å². The predicted molar refractivity (Wildman–Crippen MR) is 95.8 cm³/mol. The summed E-state index contributed by atoms with van der Waals surface area (Å²) >= 11 is 3.39. The van der Waals surface area contributed by atoms with Crippen LogP contribution in [0.25, 0.3) is 0 Å². The van der Waals surface area contributed by atoms with E-state index in [1.165, 1.54) is 0 Å². The molecule has 0 saturated heterocycles. The number of carbonyl (C=O) groups excluding carboxylic acids is 2. The van der Waals surface area contributed by atoms with Gasteiger partial charge < -0.3 is 10.1 Å². The first-order valence-electron chi connectivity index (χ1n) is 7.51. The molecular weight excluding hydrogens is 372 g/mol. The summed E-state index contributed by atoms with van der Waals surface area (Å²) in [7, 11) is 0. The van der Waals surface area contributed by atoms with Crippen LogP contribution in [0, 0.1) is 6.92 Å². The molecule has 3 amide bonds. The Morgan fingerprint density at radius 1 is 1.17 bits per heavy atom. The number of aryl methyl sites for hydroxylation is 1. The van der Waals surface area contributed by atoms with Gasteiger partial charge in [-0.05, 0) is 53.0 Å². The van der Waals surface area contributed by atoms with Gasteiger partial charge in [0, 0.05) is 6.54 Å². The average molecular weight is 391 g/mol. The van der Waals surface area contributed by atoms with Gasteiger partial charge in [-0.25, -0.2) is 4.79 Å². The van der Waals surface area contributed by atoms with Gasteiger partial charge in [0.2, 0.25) is 0 Å². The highest BCUT2D eigenvalue weighted by Gasteiger charge is 2.18. The van der Waals surface area contributed by atoms with Crippen molar-refractivity contribution in [1.29, 1.82) is 0 Å². The van der Waals surface area contributed by atoms with Crippen molar-refractivity contribution >= 4 is 27.9 Å². The molecule has 2 aromatic rings. The Hall–Kier alpha value is -2.34. The third-order valence-corrected chi connectivity index (χ3v) is 3.91. The maximum atomic E-state index is 12.0. The summed E-state index contributed by atoms with van der Waals surface area (Å²) in [6.45, 7) is 3.90. The Morgan fingerprint density at radius 3 is 2.54 bits per heavy atom. The molecule has 2 aromatic carbocycles. The first-order chi connectivity index (χ1) is 11.5. The Morgan fingerprint density at radius 2 is 1.88 bits per heavy atom. The van der Waals surface area contributed by atoms with Gasteiger partial charge >= 0.3 is 6.03 Å². The zero-order valence-corrected chi connectivity index (χ0v) is 15.1. The normalized spacial score (nSPS) is 11.5. The van der Waals surface area contributed by atoms with Gasteiger partial charge in [0.15, 0.2) is 6.10 Å². The molecular formula is C18H19BrN2O3. The maximum absolute atomic E-state index is 12.0. The molecule has 6 heteroatoms. The molecule has 0 aromatic heterocycles. The number of rotatable bonds is 5. The second-order valence-corrected chi connectivity index (χ2v) is 6.21. The van der Waals surface area contributed by atoms with Crippen LogP contribution < -0.4 is 15.4 Å². The number of benzene rings is 2. The summed E-state index contributed by atoms with van der Waals surface area (Å²) in [4.78, 5) is 23.8. The van der Waals surface area contributed by atoms with Gasteiger partial charge in [0.1, 0.15) is 5.75 Å². The van der Waals surface area contributed by atoms with Crippen molar-refractivity contribution in [3.8, 4) is 5.75 Å². The van der Waals surface area contributed by atoms with Crippen molar-refractivity contribution in [2.75, 3.05) is 0 Å². The van der Waals surface area contributed by atoms with E-state index in [0.29, 0.717) is 12.3 Å². The Balaban J connectivity index is 1.83. The van der Waals surface area contributed by atoms with Crippen LogP contribution >= 0.6 is 15.9 Å². The van der Waals surface area contributed by atoms with Crippen LogP contribution in [-0.4, -0.2) is 18.0 Å². The first kappa shape index (κ1) is 18.0. The molecule has 126 valence electrons. The van der Waals surface area contributed by atoms with Crippen molar-refractivity contribution in [1.82, 2.24) is 10.6 Å². The molecule has 0 unspecified atom stereocenters. The van der Waals surface area contributed by atoms with Crippen molar-refractivity contribution in [3.63, 3.8) is 0 Å². The topological polar surface area (TPSA) is 67.4 Å². The number of hydrogen-bond acceptors (Lipinski definition) is 3. The van der Waals surface area contributed by atoms with E-state index < -0.39 is 18.0 Å². The number of urea groups is 1. The lowest BCUT2D eigenvalue weighted by atomic mass is 10.2. The largest absolute Gasteiger partial charge is 0.480 e. The molecule has 5 nitrogen and oxygen atoms in total. The number of carbonyl (C=O) groups is 2. The zero-order chi connectivity index (χ0) is 17.5. The fraction of sp³-hybridized carbons (Fsp3) is 0.222. The summed E-state index contributed by atoms with van der Waals surface area (Å²) < 4.78 is 6.35. The third-order valence-electron chi connectivity index (χ3n) is 3.29. The molecule has 0 aliphatic rings. The maximum Gasteiger partial charge on any atom is 0.321 e. The summed E-state index contributed by atoms with van der Waals surface area (Å²) in [6.07, 6.45) is -0.800. The zero-order valence-electron chi connectivity index (χ0n) is 13.5.